The molecule has 0 spiro atoms. The average Bonchev–Trinajstić information content (AvgIpc) is 2.97. The number of furan rings is 1. The highest BCUT2D eigenvalue weighted by Gasteiger charge is 2.12. The van der Waals surface area contributed by atoms with E-state index in [1.807, 2.05) is 30.3 Å². The van der Waals surface area contributed by atoms with Crippen LogP contribution in [0.5, 0.6) is 0 Å². The summed E-state index contributed by atoms with van der Waals surface area (Å²) in [5, 5.41) is 6.78. The van der Waals surface area contributed by atoms with Crippen molar-refractivity contribution in [3.8, 4) is 0 Å². The zero-order chi connectivity index (χ0) is 15.8. The van der Waals surface area contributed by atoms with Crippen molar-refractivity contribution in [3.63, 3.8) is 0 Å². The van der Waals surface area contributed by atoms with Gasteiger partial charge in [0, 0.05) is 18.5 Å². The number of hydrogen-bond acceptors (Lipinski definition) is 2. The summed E-state index contributed by atoms with van der Waals surface area (Å²) in [6, 6.07) is 14.1. The Morgan fingerprint density at radius 3 is 2.50 bits per heavy atom. The molecule has 2 N–H and O–H groups in total. The Morgan fingerprint density at radius 1 is 1.09 bits per heavy atom. The third kappa shape index (κ3) is 6.04. The Morgan fingerprint density at radius 2 is 1.86 bits per heavy atom. The zero-order valence-corrected chi connectivity index (χ0v) is 13.6. The SMILES string of the molecule is CC(C)(C)NC(=NCc1ccccc1)NCCc1ccco1. The first kappa shape index (κ1) is 16.1. The molecule has 0 fully saturated rings. The molecule has 22 heavy (non-hydrogen) atoms. The van der Waals surface area contributed by atoms with Crippen molar-refractivity contribution in [2.45, 2.75) is 39.3 Å². The quantitative estimate of drug-likeness (QED) is 0.657. The van der Waals surface area contributed by atoms with Gasteiger partial charge in [-0.05, 0) is 38.5 Å². The molecule has 2 rings (SSSR count). The van der Waals surface area contributed by atoms with Crippen LogP contribution in [0.3, 0.4) is 0 Å². The minimum absolute atomic E-state index is 0.0345. The van der Waals surface area contributed by atoms with Crippen LogP contribution < -0.4 is 10.6 Å². The minimum Gasteiger partial charge on any atom is -0.469 e. The summed E-state index contributed by atoms with van der Waals surface area (Å²) in [4.78, 5) is 4.66. The second-order valence-corrected chi connectivity index (χ2v) is 6.28. The maximum absolute atomic E-state index is 5.35. The van der Waals surface area contributed by atoms with Crippen molar-refractivity contribution in [1.82, 2.24) is 10.6 Å². The Labute approximate surface area is 132 Å². The van der Waals surface area contributed by atoms with Gasteiger partial charge in [-0.2, -0.15) is 0 Å². The van der Waals surface area contributed by atoms with E-state index in [0.717, 1.165) is 24.7 Å². The standard InChI is InChI=1S/C18H25N3O/c1-18(2,3)21-17(19-12-11-16-10-7-13-22-16)20-14-15-8-5-4-6-9-15/h4-10,13H,11-12,14H2,1-3H3,(H2,19,20,21). The summed E-state index contributed by atoms with van der Waals surface area (Å²) >= 11 is 0. The average molecular weight is 299 g/mol. The molecule has 2 aromatic rings. The summed E-state index contributed by atoms with van der Waals surface area (Å²) in [6.45, 7) is 7.81. The normalized spacial score (nSPS) is 12.2. The molecule has 0 amide bonds. The van der Waals surface area contributed by atoms with Gasteiger partial charge in [0.2, 0.25) is 0 Å². The van der Waals surface area contributed by atoms with Crippen molar-refractivity contribution in [3.05, 3.63) is 60.1 Å². The first-order chi connectivity index (χ1) is 10.5. The molecule has 0 atom stereocenters. The molecule has 0 saturated carbocycles. The van der Waals surface area contributed by atoms with Gasteiger partial charge in [-0.3, -0.25) is 0 Å². The first-order valence-corrected chi connectivity index (χ1v) is 7.66. The molecule has 0 aliphatic heterocycles. The lowest BCUT2D eigenvalue weighted by atomic mass is 10.1. The molecule has 118 valence electrons. The Hall–Kier alpha value is -2.23. The van der Waals surface area contributed by atoms with Crippen LogP contribution in [0.4, 0.5) is 0 Å². The minimum atomic E-state index is -0.0345. The molecular weight excluding hydrogens is 274 g/mol. The maximum atomic E-state index is 5.35. The molecule has 4 nitrogen and oxygen atoms in total. The Kier molecular flexibility index (Phi) is 5.64. The van der Waals surface area contributed by atoms with E-state index in [4.69, 9.17) is 4.42 Å². The number of hydrogen-bond donors (Lipinski definition) is 2. The molecule has 0 aliphatic rings. The van der Waals surface area contributed by atoms with Crippen LogP contribution in [0.1, 0.15) is 32.1 Å². The fourth-order valence-electron chi connectivity index (χ4n) is 2.01. The van der Waals surface area contributed by atoms with Crippen LogP contribution in [0, 0.1) is 0 Å². The van der Waals surface area contributed by atoms with Crippen molar-refractivity contribution < 1.29 is 4.42 Å². The topological polar surface area (TPSA) is 49.6 Å². The van der Waals surface area contributed by atoms with E-state index in [9.17, 15) is 0 Å². The van der Waals surface area contributed by atoms with E-state index in [1.165, 1.54) is 5.56 Å². The third-order valence-electron chi connectivity index (χ3n) is 3.00. The molecule has 0 aliphatic carbocycles. The van der Waals surface area contributed by atoms with Gasteiger partial charge in [0.1, 0.15) is 5.76 Å². The lowest BCUT2D eigenvalue weighted by Crippen LogP contribution is -2.48. The number of rotatable bonds is 5. The van der Waals surface area contributed by atoms with Crippen LogP contribution in [-0.4, -0.2) is 18.0 Å². The van der Waals surface area contributed by atoms with E-state index in [-0.39, 0.29) is 5.54 Å². The monoisotopic (exact) mass is 299 g/mol. The zero-order valence-electron chi connectivity index (χ0n) is 13.6. The molecular formula is C18H25N3O. The van der Waals surface area contributed by atoms with Gasteiger partial charge in [-0.1, -0.05) is 30.3 Å². The Bertz CT molecular complexity index is 568. The van der Waals surface area contributed by atoms with Gasteiger partial charge >= 0.3 is 0 Å². The molecule has 0 unspecified atom stereocenters. The van der Waals surface area contributed by atoms with E-state index in [0.29, 0.717) is 6.54 Å². The second-order valence-electron chi connectivity index (χ2n) is 6.28. The lowest BCUT2D eigenvalue weighted by molar-refractivity contribution is 0.492. The van der Waals surface area contributed by atoms with E-state index < -0.39 is 0 Å². The van der Waals surface area contributed by atoms with Crippen molar-refractivity contribution in [1.29, 1.82) is 0 Å². The van der Waals surface area contributed by atoms with Crippen molar-refractivity contribution in [2.75, 3.05) is 6.54 Å². The second kappa shape index (κ2) is 7.69. The van der Waals surface area contributed by atoms with E-state index >= 15 is 0 Å². The van der Waals surface area contributed by atoms with Crippen molar-refractivity contribution >= 4 is 5.96 Å². The van der Waals surface area contributed by atoms with Crippen LogP contribution in [0.15, 0.2) is 58.1 Å². The highest BCUT2D eigenvalue weighted by atomic mass is 16.3. The molecule has 0 bridgehead atoms. The van der Waals surface area contributed by atoms with E-state index in [2.05, 4.69) is 48.5 Å². The van der Waals surface area contributed by atoms with Gasteiger partial charge < -0.3 is 15.1 Å². The highest BCUT2D eigenvalue weighted by molar-refractivity contribution is 5.80. The van der Waals surface area contributed by atoms with Crippen LogP contribution >= 0.6 is 0 Å². The molecule has 0 radical (unpaired) electrons. The van der Waals surface area contributed by atoms with Gasteiger partial charge in [0.05, 0.1) is 12.8 Å². The van der Waals surface area contributed by atoms with Gasteiger partial charge in [-0.25, -0.2) is 4.99 Å². The number of nitrogens with one attached hydrogen (secondary N) is 2. The maximum Gasteiger partial charge on any atom is 0.192 e. The smallest absolute Gasteiger partial charge is 0.192 e. The summed E-state index contributed by atoms with van der Waals surface area (Å²) in [7, 11) is 0. The van der Waals surface area contributed by atoms with Gasteiger partial charge in [-0.15, -0.1) is 0 Å². The largest absolute Gasteiger partial charge is 0.469 e. The Balaban J connectivity index is 1.92. The molecule has 1 aromatic heterocycles. The van der Waals surface area contributed by atoms with E-state index in [1.54, 1.807) is 6.26 Å². The van der Waals surface area contributed by atoms with Crippen LogP contribution in [0.2, 0.25) is 0 Å². The summed E-state index contributed by atoms with van der Waals surface area (Å²) in [6.07, 6.45) is 2.54. The number of aliphatic imine (C=N–C) groups is 1. The third-order valence-corrected chi connectivity index (χ3v) is 3.00. The fourth-order valence-corrected chi connectivity index (χ4v) is 2.01. The summed E-state index contributed by atoms with van der Waals surface area (Å²) in [5.74, 6) is 1.80. The van der Waals surface area contributed by atoms with Gasteiger partial charge in [0.25, 0.3) is 0 Å². The predicted octanol–water partition coefficient (Wildman–Crippen LogP) is 3.36. The number of guanidine groups is 1. The van der Waals surface area contributed by atoms with Gasteiger partial charge in [0.15, 0.2) is 5.96 Å². The van der Waals surface area contributed by atoms with Crippen LogP contribution in [-0.2, 0) is 13.0 Å². The first-order valence-electron chi connectivity index (χ1n) is 7.66. The van der Waals surface area contributed by atoms with Crippen LogP contribution in [0.25, 0.3) is 0 Å². The molecule has 0 saturated heterocycles. The molecule has 1 aromatic carbocycles. The van der Waals surface area contributed by atoms with Crippen molar-refractivity contribution in [2.24, 2.45) is 4.99 Å². The lowest BCUT2D eigenvalue weighted by Gasteiger charge is -2.24. The number of benzene rings is 1. The predicted molar refractivity (Wildman–Crippen MR) is 90.9 cm³/mol. The molecule has 1 heterocycles. The fraction of sp³-hybridized carbons (Fsp3) is 0.389. The number of nitrogens with zero attached hydrogens (tertiary/aromatic N) is 1. The highest BCUT2D eigenvalue weighted by Crippen LogP contribution is 2.03. The summed E-state index contributed by atoms with van der Waals surface area (Å²) in [5.41, 5.74) is 1.16. The summed E-state index contributed by atoms with van der Waals surface area (Å²) < 4.78 is 5.35. The molecule has 4 heteroatoms.